The second-order valence-corrected chi connectivity index (χ2v) is 6.14. The zero-order valence-corrected chi connectivity index (χ0v) is 11.6. The largest absolute Gasteiger partial charge is 0.316 e. The number of hydrogen-bond acceptors (Lipinski definition) is 1. The molecule has 0 aliphatic heterocycles. The predicted octanol–water partition coefficient (Wildman–Crippen LogP) is 4.17. The van der Waals surface area contributed by atoms with Crippen LogP contribution in [0.3, 0.4) is 0 Å². The molecule has 0 aliphatic rings. The number of rotatable bonds is 4. The summed E-state index contributed by atoms with van der Waals surface area (Å²) < 4.78 is 0. The van der Waals surface area contributed by atoms with E-state index in [4.69, 9.17) is 23.2 Å². The highest BCUT2D eigenvalue weighted by atomic mass is 35.5. The molecule has 0 saturated heterocycles. The Morgan fingerprint density at radius 1 is 1.06 bits per heavy atom. The van der Waals surface area contributed by atoms with Crippen molar-refractivity contribution in [1.29, 1.82) is 0 Å². The van der Waals surface area contributed by atoms with Gasteiger partial charge in [0.25, 0.3) is 0 Å². The van der Waals surface area contributed by atoms with Crippen molar-refractivity contribution in [3.05, 3.63) is 33.8 Å². The molecule has 0 spiro atoms. The van der Waals surface area contributed by atoms with Gasteiger partial charge in [-0.3, -0.25) is 0 Å². The van der Waals surface area contributed by atoms with Crippen LogP contribution in [-0.4, -0.2) is 13.1 Å². The van der Waals surface area contributed by atoms with E-state index in [9.17, 15) is 0 Å². The molecule has 0 saturated carbocycles. The van der Waals surface area contributed by atoms with Crippen LogP contribution < -0.4 is 5.32 Å². The van der Waals surface area contributed by atoms with E-state index in [0.29, 0.717) is 15.5 Å². The number of halogens is 2. The van der Waals surface area contributed by atoms with Crippen LogP contribution in [0.1, 0.15) is 26.3 Å². The van der Waals surface area contributed by atoms with Gasteiger partial charge in [-0.15, -0.1) is 0 Å². The van der Waals surface area contributed by atoms with Crippen molar-refractivity contribution in [3.63, 3.8) is 0 Å². The SMILES string of the molecule is CC(C)(C)CNCCc1cc(Cl)cc(Cl)c1. The first-order valence-electron chi connectivity index (χ1n) is 5.52. The standard InChI is InChI=1S/C13H19Cl2N/c1-13(2,3)9-16-5-4-10-6-11(14)8-12(15)7-10/h6-8,16H,4-5,9H2,1-3H3. The molecule has 0 amide bonds. The molecular formula is C13H19Cl2N. The highest BCUT2D eigenvalue weighted by Gasteiger charge is 2.08. The molecule has 1 nitrogen and oxygen atoms in total. The van der Waals surface area contributed by atoms with Gasteiger partial charge < -0.3 is 5.32 Å². The quantitative estimate of drug-likeness (QED) is 0.801. The number of hydrogen-bond donors (Lipinski definition) is 1. The van der Waals surface area contributed by atoms with E-state index in [1.807, 2.05) is 12.1 Å². The Labute approximate surface area is 108 Å². The lowest BCUT2D eigenvalue weighted by Gasteiger charge is -2.18. The molecule has 1 rings (SSSR count). The van der Waals surface area contributed by atoms with E-state index in [1.165, 1.54) is 5.56 Å². The molecule has 0 atom stereocenters. The summed E-state index contributed by atoms with van der Waals surface area (Å²) in [5.74, 6) is 0. The Balaban J connectivity index is 2.37. The van der Waals surface area contributed by atoms with Crippen molar-refractivity contribution in [2.24, 2.45) is 5.41 Å². The van der Waals surface area contributed by atoms with Crippen molar-refractivity contribution in [3.8, 4) is 0 Å². The van der Waals surface area contributed by atoms with Crippen LogP contribution in [0.15, 0.2) is 18.2 Å². The lowest BCUT2D eigenvalue weighted by molar-refractivity contribution is 0.381. The first kappa shape index (κ1) is 13.8. The van der Waals surface area contributed by atoms with Crippen molar-refractivity contribution in [2.75, 3.05) is 13.1 Å². The Hall–Kier alpha value is -0.240. The van der Waals surface area contributed by atoms with Gasteiger partial charge >= 0.3 is 0 Å². The minimum absolute atomic E-state index is 0.325. The summed E-state index contributed by atoms with van der Waals surface area (Å²) in [5.41, 5.74) is 1.50. The first-order chi connectivity index (χ1) is 7.37. The fourth-order valence-electron chi connectivity index (χ4n) is 1.45. The minimum Gasteiger partial charge on any atom is -0.316 e. The second kappa shape index (κ2) is 5.90. The molecule has 0 bridgehead atoms. The maximum absolute atomic E-state index is 5.93. The van der Waals surface area contributed by atoms with E-state index < -0.39 is 0 Å². The molecule has 0 aromatic heterocycles. The van der Waals surface area contributed by atoms with Crippen molar-refractivity contribution >= 4 is 23.2 Å². The molecule has 90 valence electrons. The van der Waals surface area contributed by atoms with E-state index in [0.717, 1.165) is 19.5 Å². The maximum Gasteiger partial charge on any atom is 0.0423 e. The van der Waals surface area contributed by atoms with Crippen molar-refractivity contribution < 1.29 is 0 Å². The van der Waals surface area contributed by atoms with E-state index in [2.05, 4.69) is 26.1 Å². The van der Waals surface area contributed by atoms with Crippen LogP contribution in [0.4, 0.5) is 0 Å². The normalized spacial score (nSPS) is 11.8. The maximum atomic E-state index is 5.93. The van der Waals surface area contributed by atoms with Gasteiger partial charge in [-0.2, -0.15) is 0 Å². The zero-order chi connectivity index (χ0) is 12.2. The van der Waals surface area contributed by atoms with Crippen LogP contribution in [0.25, 0.3) is 0 Å². The van der Waals surface area contributed by atoms with E-state index in [-0.39, 0.29) is 0 Å². The van der Waals surface area contributed by atoms with Crippen molar-refractivity contribution in [2.45, 2.75) is 27.2 Å². The third kappa shape index (κ3) is 5.74. The monoisotopic (exact) mass is 259 g/mol. The van der Waals surface area contributed by atoms with E-state index in [1.54, 1.807) is 6.07 Å². The number of benzene rings is 1. The smallest absolute Gasteiger partial charge is 0.0423 e. The van der Waals surface area contributed by atoms with Gasteiger partial charge in [-0.05, 0) is 42.1 Å². The highest BCUT2D eigenvalue weighted by Crippen LogP contribution is 2.19. The molecule has 3 heteroatoms. The predicted molar refractivity (Wildman–Crippen MR) is 72.5 cm³/mol. The van der Waals surface area contributed by atoms with Gasteiger partial charge in [0.05, 0.1) is 0 Å². The molecule has 0 radical (unpaired) electrons. The summed E-state index contributed by atoms with van der Waals surface area (Å²) in [4.78, 5) is 0. The highest BCUT2D eigenvalue weighted by molar-refractivity contribution is 6.34. The summed E-state index contributed by atoms with van der Waals surface area (Å²) >= 11 is 11.9. The first-order valence-corrected chi connectivity index (χ1v) is 6.28. The molecule has 0 aliphatic carbocycles. The average molecular weight is 260 g/mol. The molecular weight excluding hydrogens is 241 g/mol. The van der Waals surface area contributed by atoms with Gasteiger partial charge in [-0.25, -0.2) is 0 Å². The van der Waals surface area contributed by atoms with Gasteiger partial charge in [0.2, 0.25) is 0 Å². The summed E-state index contributed by atoms with van der Waals surface area (Å²) in [6, 6.07) is 5.69. The summed E-state index contributed by atoms with van der Waals surface area (Å²) in [6.07, 6.45) is 0.955. The summed E-state index contributed by atoms with van der Waals surface area (Å²) in [7, 11) is 0. The Kier molecular flexibility index (Phi) is 5.10. The lowest BCUT2D eigenvalue weighted by Crippen LogP contribution is -2.28. The minimum atomic E-state index is 0.325. The Bertz CT molecular complexity index is 322. The third-order valence-corrected chi connectivity index (χ3v) is 2.60. The van der Waals surface area contributed by atoms with Crippen LogP contribution in [-0.2, 0) is 6.42 Å². The molecule has 1 aromatic carbocycles. The van der Waals surface area contributed by atoms with E-state index >= 15 is 0 Å². The molecule has 0 heterocycles. The zero-order valence-electron chi connectivity index (χ0n) is 10.1. The summed E-state index contributed by atoms with van der Waals surface area (Å²) in [6.45, 7) is 8.62. The summed E-state index contributed by atoms with van der Waals surface area (Å²) in [5, 5.41) is 4.84. The molecule has 0 fully saturated rings. The molecule has 0 unspecified atom stereocenters. The van der Waals surface area contributed by atoms with Gasteiger partial charge in [0.15, 0.2) is 0 Å². The third-order valence-electron chi connectivity index (χ3n) is 2.17. The Morgan fingerprint density at radius 3 is 2.12 bits per heavy atom. The van der Waals surface area contributed by atoms with Gasteiger partial charge in [-0.1, -0.05) is 44.0 Å². The van der Waals surface area contributed by atoms with Crippen LogP contribution >= 0.6 is 23.2 Å². The fraction of sp³-hybridized carbons (Fsp3) is 0.538. The van der Waals surface area contributed by atoms with Crippen LogP contribution in [0, 0.1) is 5.41 Å². The topological polar surface area (TPSA) is 12.0 Å². The van der Waals surface area contributed by atoms with Gasteiger partial charge in [0, 0.05) is 16.6 Å². The van der Waals surface area contributed by atoms with Crippen molar-refractivity contribution in [1.82, 2.24) is 5.32 Å². The Morgan fingerprint density at radius 2 is 1.62 bits per heavy atom. The molecule has 1 N–H and O–H groups in total. The fourth-order valence-corrected chi connectivity index (χ4v) is 2.02. The average Bonchev–Trinajstić information content (AvgIpc) is 2.09. The number of nitrogens with one attached hydrogen (secondary N) is 1. The lowest BCUT2D eigenvalue weighted by atomic mass is 9.97. The second-order valence-electron chi connectivity index (χ2n) is 5.27. The molecule has 16 heavy (non-hydrogen) atoms. The van der Waals surface area contributed by atoms with Crippen LogP contribution in [0.2, 0.25) is 10.0 Å². The van der Waals surface area contributed by atoms with Crippen LogP contribution in [0.5, 0.6) is 0 Å². The molecule has 1 aromatic rings. The van der Waals surface area contributed by atoms with Gasteiger partial charge in [0.1, 0.15) is 0 Å².